The number of imidazole rings is 1. The molecule has 0 aliphatic heterocycles. The lowest BCUT2D eigenvalue weighted by molar-refractivity contribution is -0.131. The van der Waals surface area contributed by atoms with E-state index in [9.17, 15) is 4.79 Å². The van der Waals surface area contributed by atoms with Gasteiger partial charge in [-0.2, -0.15) is 0 Å². The van der Waals surface area contributed by atoms with Crippen LogP contribution in [-0.2, 0) is 4.79 Å². The third-order valence-corrected chi connectivity index (χ3v) is 2.99. The Morgan fingerprint density at radius 2 is 1.85 bits per heavy atom. The van der Waals surface area contributed by atoms with Crippen molar-refractivity contribution in [1.82, 2.24) is 9.38 Å². The molecule has 0 saturated carbocycles. The van der Waals surface area contributed by atoms with Gasteiger partial charge < -0.3 is 5.11 Å². The van der Waals surface area contributed by atoms with E-state index in [1.54, 1.807) is 0 Å². The van der Waals surface area contributed by atoms with E-state index < -0.39 is 5.97 Å². The number of carboxylic acids is 1. The Hall–Kier alpha value is -2.88. The third-order valence-electron chi connectivity index (χ3n) is 2.99. The molecule has 0 atom stereocenters. The quantitative estimate of drug-likeness (QED) is 0.739. The van der Waals surface area contributed by atoms with Gasteiger partial charge in [-0.25, -0.2) is 9.78 Å². The molecule has 0 radical (unpaired) electrons. The van der Waals surface area contributed by atoms with Crippen molar-refractivity contribution in [3.8, 4) is 11.4 Å². The molecule has 0 aliphatic carbocycles. The van der Waals surface area contributed by atoms with Gasteiger partial charge in [-0.15, -0.1) is 0 Å². The van der Waals surface area contributed by atoms with Crippen LogP contribution in [0, 0.1) is 0 Å². The standard InChI is InChI=1S/C16H12N2O2/c19-15(20)10-9-13-14-8-4-5-11-18(14)16(17-13)12-6-2-1-3-7-12/h1-11H,(H,19,20)/b10-9+. The van der Waals surface area contributed by atoms with Crippen LogP contribution in [0.4, 0.5) is 0 Å². The fourth-order valence-corrected chi connectivity index (χ4v) is 2.13. The molecule has 98 valence electrons. The lowest BCUT2D eigenvalue weighted by atomic mass is 10.2. The maximum Gasteiger partial charge on any atom is 0.328 e. The van der Waals surface area contributed by atoms with Gasteiger partial charge in [-0.3, -0.25) is 4.40 Å². The zero-order valence-electron chi connectivity index (χ0n) is 10.6. The Kier molecular flexibility index (Phi) is 3.05. The molecule has 20 heavy (non-hydrogen) atoms. The van der Waals surface area contributed by atoms with Crippen molar-refractivity contribution in [3.05, 3.63) is 66.5 Å². The number of benzene rings is 1. The molecule has 3 rings (SSSR count). The summed E-state index contributed by atoms with van der Waals surface area (Å²) in [5, 5.41) is 8.75. The molecule has 0 aliphatic rings. The van der Waals surface area contributed by atoms with Crippen LogP contribution < -0.4 is 0 Å². The van der Waals surface area contributed by atoms with Gasteiger partial charge in [0.15, 0.2) is 0 Å². The normalized spacial score (nSPS) is 11.2. The molecule has 2 heterocycles. The van der Waals surface area contributed by atoms with Crippen LogP contribution in [0.2, 0.25) is 0 Å². The zero-order valence-corrected chi connectivity index (χ0v) is 10.6. The highest BCUT2D eigenvalue weighted by Gasteiger charge is 2.10. The van der Waals surface area contributed by atoms with Crippen molar-refractivity contribution >= 4 is 17.6 Å². The smallest absolute Gasteiger partial charge is 0.328 e. The molecule has 0 amide bonds. The minimum absolute atomic E-state index is 0.645. The maximum absolute atomic E-state index is 10.7. The third kappa shape index (κ3) is 2.19. The fraction of sp³-hybridized carbons (Fsp3) is 0. The highest BCUT2D eigenvalue weighted by molar-refractivity contribution is 5.87. The first-order chi connectivity index (χ1) is 9.75. The summed E-state index contributed by atoms with van der Waals surface area (Å²) in [4.78, 5) is 15.2. The van der Waals surface area contributed by atoms with Gasteiger partial charge in [0.25, 0.3) is 0 Å². The second-order valence-electron chi connectivity index (χ2n) is 4.31. The number of aliphatic carboxylic acids is 1. The van der Waals surface area contributed by atoms with E-state index in [-0.39, 0.29) is 0 Å². The van der Waals surface area contributed by atoms with Gasteiger partial charge in [0, 0.05) is 17.8 Å². The number of nitrogens with zero attached hydrogens (tertiary/aromatic N) is 2. The molecule has 0 saturated heterocycles. The highest BCUT2D eigenvalue weighted by atomic mass is 16.4. The molecule has 1 N–H and O–H groups in total. The summed E-state index contributed by atoms with van der Waals surface area (Å²) in [6.07, 6.45) is 4.54. The number of hydrogen-bond donors (Lipinski definition) is 1. The van der Waals surface area contributed by atoms with Crippen molar-refractivity contribution in [1.29, 1.82) is 0 Å². The van der Waals surface area contributed by atoms with Gasteiger partial charge >= 0.3 is 5.97 Å². The van der Waals surface area contributed by atoms with E-state index >= 15 is 0 Å². The Balaban J connectivity index is 2.21. The number of aromatic nitrogens is 2. The summed E-state index contributed by atoms with van der Waals surface area (Å²) < 4.78 is 1.96. The topological polar surface area (TPSA) is 54.6 Å². The van der Waals surface area contributed by atoms with E-state index in [0.29, 0.717) is 5.69 Å². The minimum atomic E-state index is -0.983. The molecule has 4 heteroatoms. The summed E-state index contributed by atoms with van der Waals surface area (Å²) in [5.41, 5.74) is 2.51. The summed E-state index contributed by atoms with van der Waals surface area (Å²) in [5.74, 6) is -0.186. The van der Waals surface area contributed by atoms with Crippen LogP contribution in [0.15, 0.2) is 60.8 Å². The molecule has 3 aromatic rings. The zero-order chi connectivity index (χ0) is 13.9. The van der Waals surface area contributed by atoms with Gasteiger partial charge in [0.2, 0.25) is 0 Å². The van der Waals surface area contributed by atoms with Crippen LogP contribution >= 0.6 is 0 Å². The lowest BCUT2D eigenvalue weighted by Crippen LogP contribution is -1.87. The van der Waals surface area contributed by atoms with Crippen LogP contribution in [0.25, 0.3) is 23.0 Å². The summed E-state index contributed by atoms with van der Waals surface area (Å²) in [6.45, 7) is 0. The van der Waals surface area contributed by atoms with E-state index in [1.165, 1.54) is 6.08 Å². The number of hydrogen-bond acceptors (Lipinski definition) is 2. The monoisotopic (exact) mass is 264 g/mol. The lowest BCUT2D eigenvalue weighted by Gasteiger charge is -1.99. The van der Waals surface area contributed by atoms with Crippen molar-refractivity contribution in [3.63, 3.8) is 0 Å². The Labute approximate surface area is 115 Å². The summed E-state index contributed by atoms with van der Waals surface area (Å²) >= 11 is 0. The molecule has 2 aromatic heterocycles. The Morgan fingerprint density at radius 1 is 1.10 bits per heavy atom. The molecule has 0 spiro atoms. The van der Waals surface area contributed by atoms with Gasteiger partial charge in [0.1, 0.15) is 5.82 Å². The largest absolute Gasteiger partial charge is 0.478 e. The van der Waals surface area contributed by atoms with Gasteiger partial charge in [-0.05, 0) is 18.2 Å². The van der Waals surface area contributed by atoms with E-state index in [0.717, 1.165) is 23.0 Å². The van der Waals surface area contributed by atoms with Crippen LogP contribution in [0.5, 0.6) is 0 Å². The van der Waals surface area contributed by atoms with Crippen molar-refractivity contribution in [2.24, 2.45) is 0 Å². The summed E-state index contributed by atoms with van der Waals surface area (Å²) in [7, 11) is 0. The number of carbonyl (C=O) groups is 1. The number of carboxylic acid groups (broad SMARTS) is 1. The second-order valence-corrected chi connectivity index (χ2v) is 4.31. The van der Waals surface area contributed by atoms with Crippen molar-refractivity contribution < 1.29 is 9.90 Å². The van der Waals surface area contributed by atoms with E-state index in [2.05, 4.69) is 4.98 Å². The fourth-order valence-electron chi connectivity index (χ4n) is 2.13. The second kappa shape index (κ2) is 5.01. The minimum Gasteiger partial charge on any atom is -0.478 e. The van der Waals surface area contributed by atoms with Crippen LogP contribution in [0.1, 0.15) is 5.69 Å². The highest BCUT2D eigenvalue weighted by Crippen LogP contribution is 2.23. The van der Waals surface area contributed by atoms with Crippen molar-refractivity contribution in [2.75, 3.05) is 0 Å². The number of rotatable bonds is 3. The predicted molar refractivity (Wildman–Crippen MR) is 77.3 cm³/mol. The SMILES string of the molecule is O=C(O)/C=C/c1nc(-c2ccccc2)n2ccccc12. The van der Waals surface area contributed by atoms with Crippen molar-refractivity contribution in [2.45, 2.75) is 0 Å². The van der Waals surface area contributed by atoms with Crippen LogP contribution in [0.3, 0.4) is 0 Å². The summed E-state index contributed by atoms with van der Waals surface area (Å²) in [6, 6.07) is 15.6. The Morgan fingerprint density at radius 3 is 2.60 bits per heavy atom. The first-order valence-corrected chi connectivity index (χ1v) is 6.19. The molecular weight excluding hydrogens is 252 g/mol. The number of fused-ring (bicyclic) bond motifs is 1. The molecule has 4 nitrogen and oxygen atoms in total. The van der Waals surface area contributed by atoms with Crippen LogP contribution in [-0.4, -0.2) is 20.5 Å². The van der Waals surface area contributed by atoms with E-state index in [4.69, 9.17) is 5.11 Å². The number of pyridine rings is 1. The average molecular weight is 264 g/mol. The first kappa shape index (κ1) is 12.2. The first-order valence-electron chi connectivity index (χ1n) is 6.19. The molecule has 0 bridgehead atoms. The molecular formula is C16H12N2O2. The Bertz CT molecular complexity index is 789. The maximum atomic E-state index is 10.7. The molecule has 0 unspecified atom stereocenters. The van der Waals surface area contributed by atoms with Gasteiger partial charge in [-0.1, -0.05) is 36.4 Å². The predicted octanol–water partition coefficient (Wildman–Crippen LogP) is 3.10. The molecule has 0 fully saturated rings. The molecule has 1 aromatic carbocycles. The van der Waals surface area contributed by atoms with Gasteiger partial charge in [0.05, 0.1) is 11.2 Å². The average Bonchev–Trinajstić information content (AvgIpc) is 2.85. The van der Waals surface area contributed by atoms with E-state index in [1.807, 2.05) is 59.1 Å².